The normalized spacial score (nSPS) is 13.6. The molecule has 1 aromatic rings. The Balaban J connectivity index is 2.65. The molecule has 0 aliphatic carbocycles. The fourth-order valence-corrected chi connectivity index (χ4v) is 2.39. The molecule has 18 heavy (non-hydrogen) atoms. The van der Waals surface area contributed by atoms with Gasteiger partial charge < -0.3 is 0 Å². The Bertz CT molecular complexity index is 337. The van der Waals surface area contributed by atoms with Gasteiger partial charge in [0.2, 0.25) is 0 Å². The first-order valence-corrected chi connectivity index (χ1v) is 7.69. The highest BCUT2D eigenvalue weighted by molar-refractivity contribution is 6.20. The third-order valence-electron chi connectivity index (χ3n) is 4.00. The van der Waals surface area contributed by atoms with E-state index in [9.17, 15) is 0 Å². The van der Waals surface area contributed by atoms with E-state index >= 15 is 0 Å². The predicted molar refractivity (Wildman–Crippen MR) is 82.5 cm³/mol. The van der Waals surface area contributed by atoms with Gasteiger partial charge in [-0.15, -0.1) is 11.6 Å². The highest BCUT2D eigenvalue weighted by Gasteiger charge is 2.18. The van der Waals surface area contributed by atoms with E-state index in [0.29, 0.717) is 0 Å². The molecule has 102 valence electrons. The Labute approximate surface area is 118 Å². The topological polar surface area (TPSA) is 0 Å². The lowest BCUT2D eigenvalue weighted by molar-refractivity contribution is 0.506. The molecule has 0 aromatic heterocycles. The lowest BCUT2D eigenvalue weighted by Gasteiger charge is -2.23. The van der Waals surface area contributed by atoms with Gasteiger partial charge in [-0.2, -0.15) is 0 Å². The molecule has 0 saturated carbocycles. The molecule has 0 radical (unpaired) electrons. The van der Waals surface area contributed by atoms with Crippen molar-refractivity contribution in [2.24, 2.45) is 0 Å². The standard InChI is InChI=1S/C17H27Cl/c1-5-7-8-9-16(18)14-10-12-15(13-11-14)17(3,4)6-2/h10-13,16H,5-9H2,1-4H3. The van der Waals surface area contributed by atoms with Crippen molar-refractivity contribution in [2.45, 2.75) is 70.6 Å². The van der Waals surface area contributed by atoms with E-state index in [1.54, 1.807) is 0 Å². The summed E-state index contributed by atoms with van der Waals surface area (Å²) in [6.45, 7) is 9.05. The Morgan fingerprint density at radius 3 is 2.17 bits per heavy atom. The van der Waals surface area contributed by atoms with Crippen molar-refractivity contribution in [3.63, 3.8) is 0 Å². The lowest BCUT2D eigenvalue weighted by atomic mass is 9.82. The van der Waals surface area contributed by atoms with Crippen molar-refractivity contribution in [1.82, 2.24) is 0 Å². The number of benzene rings is 1. The first-order chi connectivity index (χ1) is 8.51. The van der Waals surface area contributed by atoms with Gasteiger partial charge in [0.15, 0.2) is 0 Å². The van der Waals surface area contributed by atoms with Gasteiger partial charge in [-0.25, -0.2) is 0 Å². The van der Waals surface area contributed by atoms with Crippen LogP contribution in [0.15, 0.2) is 24.3 Å². The molecule has 1 atom stereocenters. The summed E-state index contributed by atoms with van der Waals surface area (Å²) in [7, 11) is 0. The average molecular weight is 267 g/mol. The second-order valence-electron chi connectivity index (χ2n) is 5.82. The minimum absolute atomic E-state index is 0.176. The summed E-state index contributed by atoms with van der Waals surface area (Å²) in [6, 6.07) is 8.90. The first-order valence-electron chi connectivity index (χ1n) is 7.25. The molecule has 0 aliphatic rings. The van der Waals surface area contributed by atoms with Gasteiger partial charge in [-0.3, -0.25) is 0 Å². The lowest BCUT2D eigenvalue weighted by Crippen LogP contribution is -2.15. The third-order valence-corrected chi connectivity index (χ3v) is 4.47. The molecule has 0 N–H and O–H groups in total. The average Bonchev–Trinajstić information content (AvgIpc) is 2.39. The molecule has 0 bridgehead atoms. The van der Waals surface area contributed by atoms with Crippen molar-refractivity contribution in [3.8, 4) is 0 Å². The smallest absolute Gasteiger partial charge is 0.0585 e. The summed E-state index contributed by atoms with van der Waals surface area (Å²) < 4.78 is 0. The van der Waals surface area contributed by atoms with Crippen LogP contribution in [0.3, 0.4) is 0 Å². The second-order valence-corrected chi connectivity index (χ2v) is 6.35. The highest BCUT2D eigenvalue weighted by atomic mass is 35.5. The van der Waals surface area contributed by atoms with E-state index < -0.39 is 0 Å². The van der Waals surface area contributed by atoms with E-state index in [1.807, 2.05) is 0 Å². The first kappa shape index (κ1) is 15.6. The van der Waals surface area contributed by atoms with Crippen LogP contribution in [0.25, 0.3) is 0 Å². The predicted octanol–water partition coefficient (Wildman–Crippen LogP) is 6.23. The number of rotatable bonds is 7. The zero-order valence-corrected chi connectivity index (χ0v) is 13.1. The summed E-state index contributed by atoms with van der Waals surface area (Å²) in [5.74, 6) is 0. The minimum Gasteiger partial charge on any atom is -0.118 e. The van der Waals surface area contributed by atoms with Gasteiger partial charge in [-0.05, 0) is 29.4 Å². The second kappa shape index (κ2) is 7.19. The van der Waals surface area contributed by atoms with E-state index in [0.717, 1.165) is 12.8 Å². The van der Waals surface area contributed by atoms with E-state index in [4.69, 9.17) is 11.6 Å². The zero-order chi connectivity index (χ0) is 13.6. The molecule has 0 aliphatic heterocycles. The number of hydrogen-bond donors (Lipinski definition) is 0. The van der Waals surface area contributed by atoms with Crippen LogP contribution >= 0.6 is 11.6 Å². The van der Waals surface area contributed by atoms with Gasteiger partial charge in [0, 0.05) is 0 Å². The third kappa shape index (κ3) is 4.31. The quantitative estimate of drug-likeness (QED) is 0.405. The molecule has 0 amide bonds. The molecular weight excluding hydrogens is 240 g/mol. The summed E-state index contributed by atoms with van der Waals surface area (Å²) in [4.78, 5) is 0. The van der Waals surface area contributed by atoms with Crippen LogP contribution in [0.1, 0.15) is 76.3 Å². The van der Waals surface area contributed by atoms with E-state index in [-0.39, 0.29) is 10.8 Å². The summed E-state index contributed by atoms with van der Waals surface area (Å²) in [5.41, 5.74) is 2.94. The Morgan fingerprint density at radius 1 is 1.06 bits per heavy atom. The molecule has 1 heteroatoms. The largest absolute Gasteiger partial charge is 0.118 e. The minimum atomic E-state index is 0.176. The maximum absolute atomic E-state index is 6.44. The van der Waals surface area contributed by atoms with Gasteiger partial charge >= 0.3 is 0 Å². The SMILES string of the molecule is CCCCCC(Cl)c1ccc(C(C)(C)CC)cc1. The molecule has 1 rings (SSSR count). The van der Waals surface area contributed by atoms with Crippen molar-refractivity contribution in [3.05, 3.63) is 35.4 Å². The molecule has 1 aromatic carbocycles. The van der Waals surface area contributed by atoms with Crippen LogP contribution in [-0.2, 0) is 5.41 Å². The number of hydrogen-bond acceptors (Lipinski definition) is 0. The van der Waals surface area contributed by atoms with Crippen molar-refractivity contribution >= 4 is 11.6 Å². The summed E-state index contributed by atoms with van der Waals surface area (Å²) in [5, 5.41) is 0.176. The number of alkyl halides is 1. The maximum Gasteiger partial charge on any atom is 0.0585 e. The molecule has 0 fully saturated rings. The number of unbranched alkanes of at least 4 members (excludes halogenated alkanes) is 2. The summed E-state index contributed by atoms with van der Waals surface area (Å²) >= 11 is 6.44. The van der Waals surface area contributed by atoms with Crippen LogP contribution in [0, 0.1) is 0 Å². The van der Waals surface area contributed by atoms with E-state index in [2.05, 4.69) is 52.0 Å². The Morgan fingerprint density at radius 2 is 1.67 bits per heavy atom. The fourth-order valence-electron chi connectivity index (χ4n) is 2.09. The molecular formula is C17H27Cl. The van der Waals surface area contributed by atoms with Gasteiger partial charge in [-0.1, -0.05) is 71.2 Å². The van der Waals surface area contributed by atoms with E-state index in [1.165, 1.54) is 30.4 Å². The Kier molecular flexibility index (Phi) is 6.21. The zero-order valence-electron chi connectivity index (χ0n) is 12.3. The molecule has 1 unspecified atom stereocenters. The Hall–Kier alpha value is -0.490. The molecule has 0 spiro atoms. The van der Waals surface area contributed by atoms with Crippen LogP contribution in [0.2, 0.25) is 0 Å². The van der Waals surface area contributed by atoms with Crippen molar-refractivity contribution < 1.29 is 0 Å². The fraction of sp³-hybridized carbons (Fsp3) is 0.647. The molecule has 0 nitrogen and oxygen atoms in total. The monoisotopic (exact) mass is 266 g/mol. The highest BCUT2D eigenvalue weighted by Crippen LogP contribution is 2.31. The molecule has 0 saturated heterocycles. The van der Waals surface area contributed by atoms with Crippen LogP contribution in [0.5, 0.6) is 0 Å². The van der Waals surface area contributed by atoms with Gasteiger partial charge in [0.1, 0.15) is 0 Å². The molecule has 0 heterocycles. The van der Waals surface area contributed by atoms with Crippen LogP contribution in [-0.4, -0.2) is 0 Å². The van der Waals surface area contributed by atoms with Crippen LogP contribution in [0.4, 0.5) is 0 Å². The van der Waals surface area contributed by atoms with Crippen molar-refractivity contribution in [1.29, 1.82) is 0 Å². The van der Waals surface area contributed by atoms with Gasteiger partial charge in [0.05, 0.1) is 5.38 Å². The summed E-state index contributed by atoms with van der Waals surface area (Å²) in [6.07, 6.45) is 6.02. The van der Waals surface area contributed by atoms with Gasteiger partial charge in [0.25, 0.3) is 0 Å². The number of halogens is 1. The van der Waals surface area contributed by atoms with Crippen molar-refractivity contribution in [2.75, 3.05) is 0 Å². The van der Waals surface area contributed by atoms with Crippen LogP contribution < -0.4 is 0 Å². The maximum atomic E-state index is 6.44.